The van der Waals surface area contributed by atoms with Crippen LogP contribution in [0, 0.1) is 0 Å². The van der Waals surface area contributed by atoms with Crippen LogP contribution in [0.5, 0.6) is 5.75 Å². The van der Waals surface area contributed by atoms with Crippen LogP contribution >= 0.6 is 0 Å². The molecule has 0 aliphatic rings. The molecule has 1 aromatic heterocycles. The summed E-state index contributed by atoms with van der Waals surface area (Å²) in [5.74, 6) is 0.726. The zero-order valence-electron chi connectivity index (χ0n) is 7.20. The van der Waals surface area contributed by atoms with E-state index in [1.165, 1.54) is 6.07 Å². The second-order valence-electron chi connectivity index (χ2n) is 2.76. The highest BCUT2D eigenvalue weighted by molar-refractivity contribution is 5.87. The Morgan fingerprint density at radius 2 is 2.23 bits per heavy atom. The fourth-order valence-electron chi connectivity index (χ4n) is 1.34. The van der Waals surface area contributed by atoms with Gasteiger partial charge in [0.05, 0.1) is 7.11 Å². The summed E-state index contributed by atoms with van der Waals surface area (Å²) >= 11 is 0. The first kappa shape index (κ1) is 7.86. The summed E-state index contributed by atoms with van der Waals surface area (Å²) in [7, 11) is 1.59. The second-order valence-corrected chi connectivity index (χ2v) is 2.76. The lowest BCUT2D eigenvalue weighted by Gasteiger charge is -2.03. The molecule has 3 heteroatoms. The number of hydrogen-bond donors (Lipinski definition) is 1. The molecule has 0 spiro atoms. The SMILES string of the molecule is COc1cccc2c[nH]c(=O)cc12. The largest absolute Gasteiger partial charge is 0.496 e. The zero-order valence-corrected chi connectivity index (χ0v) is 7.20. The van der Waals surface area contributed by atoms with Gasteiger partial charge in [0.25, 0.3) is 0 Å². The van der Waals surface area contributed by atoms with E-state index >= 15 is 0 Å². The summed E-state index contributed by atoms with van der Waals surface area (Å²) in [6.45, 7) is 0. The number of nitrogens with one attached hydrogen (secondary N) is 1. The molecule has 1 heterocycles. The van der Waals surface area contributed by atoms with Crippen molar-refractivity contribution < 1.29 is 4.74 Å². The van der Waals surface area contributed by atoms with Crippen LogP contribution in [0.4, 0.5) is 0 Å². The van der Waals surface area contributed by atoms with Gasteiger partial charge in [-0.25, -0.2) is 0 Å². The Hall–Kier alpha value is -1.77. The lowest BCUT2D eigenvalue weighted by molar-refractivity contribution is 0.420. The number of fused-ring (bicyclic) bond motifs is 1. The van der Waals surface area contributed by atoms with Crippen LogP contribution in [-0.2, 0) is 0 Å². The van der Waals surface area contributed by atoms with Gasteiger partial charge in [0.2, 0.25) is 5.56 Å². The van der Waals surface area contributed by atoms with Crippen molar-refractivity contribution in [2.75, 3.05) is 7.11 Å². The van der Waals surface area contributed by atoms with E-state index < -0.39 is 0 Å². The van der Waals surface area contributed by atoms with Crippen molar-refractivity contribution in [3.8, 4) is 5.75 Å². The van der Waals surface area contributed by atoms with Crippen molar-refractivity contribution in [2.24, 2.45) is 0 Å². The lowest BCUT2D eigenvalue weighted by atomic mass is 10.1. The number of hydrogen-bond acceptors (Lipinski definition) is 2. The first-order chi connectivity index (χ1) is 6.31. The first-order valence-electron chi connectivity index (χ1n) is 3.97. The monoisotopic (exact) mass is 175 g/mol. The Morgan fingerprint density at radius 3 is 3.00 bits per heavy atom. The van der Waals surface area contributed by atoms with Crippen molar-refractivity contribution in [1.82, 2.24) is 4.98 Å². The molecule has 0 saturated carbocycles. The van der Waals surface area contributed by atoms with Crippen molar-refractivity contribution in [3.05, 3.63) is 40.8 Å². The molecule has 0 aliphatic heterocycles. The van der Waals surface area contributed by atoms with Crippen LogP contribution < -0.4 is 10.3 Å². The molecule has 13 heavy (non-hydrogen) atoms. The maximum Gasteiger partial charge on any atom is 0.248 e. The zero-order chi connectivity index (χ0) is 9.26. The Morgan fingerprint density at radius 1 is 1.38 bits per heavy atom. The topological polar surface area (TPSA) is 42.1 Å². The Labute approximate surface area is 75.0 Å². The second kappa shape index (κ2) is 2.94. The number of ether oxygens (including phenoxy) is 1. The van der Waals surface area contributed by atoms with E-state index in [-0.39, 0.29) is 5.56 Å². The molecule has 2 rings (SSSR count). The van der Waals surface area contributed by atoms with E-state index in [1.807, 2.05) is 18.2 Å². The average molecular weight is 175 g/mol. The van der Waals surface area contributed by atoms with Gasteiger partial charge in [-0.2, -0.15) is 0 Å². The van der Waals surface area contributed by atoms with Crippen LogP contribution in [0.1, 0.15) is 0 Å². The van der Waals surface area contributed by atoms with Crippen LogP contribution in [0.15, 0.2) is 35.3 Å². The normalized spacial score (nSPS) is 10.2. The molecule has 0 unspecified atom stereocenters. The summed E-state index contributed by atoms with van der Waals surface area (Å²) in [4.78, 5) is 13.7. The lowest BCUT2D eigenvalue weighted by Crippen LogP contribution is -2.02. The fourth-order valence-corrected chi connectivity index (χ4v) is 1.34. The minimum atomic E-state index is -0.114. The van der Waals surface area contributed by atoms with Gasteiger partial charge in [0.1, 0.15) is 5.75 Å². The van der Waals surface area contributed by atoms with E-state index in [2.05, 4.69) is 4.98 Å². The Balaban J connectivity index is 2.87. The quantitative estimate of drug-likeness (QED) is 0.714. The molecule has 66 valence electrons. The molecule has 0 bridgehead atoms. The predicted octanol–water partition coefficient (Wildman–Crippen LogP) is 1.54. The number of aromatic nitrogens is 1. The molecule has 0 saturated heterocycles. The molecular weight excluding hydrogens is 166 g/mol. The van der Waals surface area contributed by atoms with E-state index in [4.69, 9.17) is 4.74 Å². The van der Waals surface area contributed by atoms with Crippen molar-refractivity contribution >= 4 is 10.8 Å². The van der Waals surface area contributed by atoms with Gasteiger partial charge in [-0.1, -0.05) is 12.1 Å². The van der Waals surface area contributed by atoms with Gasteiger partial charge in [-0.15, -0.1) is 0 Å². The highest BCUT2D eigenvalue weighted by Gasteiger charge is 1.99. The summed E-state index contributed by atoms with van der Waals surface area (Å²) in [5.41, 5.74) is -0.114. The molecule has 0 amide bonds. The average Bonchev–Trinajstić information content (AvgIpc) is 2.17. The Kier molecular flexibility index (Phi) is 1.77. The predicted molar refractivity (Wildman–Crippen MR) is 51.1 cm³/mol. The smallest absolute Gasteiger partial charge is 0.248 e. The minimum absolute atomic E-state index is 0.114. The number of rotatable bonds is 1. The highest BCUT2D eigenvalue weighted by Crippen LogP contribution is 2.22. The minimum Gasteiger partial charge on any atom is -0.496 e. The molecule has 0 atom stereocenters. The van der Waals surface area contributed by atoms with Gasteiger partial charge >= 0.3 is 0 Å². The van der Waals surface area contributed by atoms with Crippen molar-refractivity contribution in [2.45, 2.75) is 0 Å². The number of H-pyrrole nitrogens is 1. The van der Waals surface area contributed by atoms with Gasteiger partial charge in [0, 0.05) is 23.0 Å². The molecule has 1 N–H and O–H groups in total. The number of benzene rings is 1. The van der Waals surface area contributed by atoms with E-state index in [1.54, 1.807) is 13.3 Å². The van der Waals surface area contributed by atoms with Gasteiger partial charge in [-0.3, -0.25) is 4.79 Å². The fraction of sp³-hybridized carbons (Fsp3) is 0.100. The van der Waals surface area contributed by atoms with Crippen molar-refractivity contribution in [1.29, 1.82) is 0 Å². The van der Waals surface area contributed by atoms with E-state index in [0.717, 1.165) is 16.5 Å². The molecule has 0 fully saturated rings. The van der Waals surface area contributed by atoms with Gasteiger partial charge in [0.15, 0.2) is 0 Å². The molecule has 2 aromatic rings. The maximum atomic E-state index is 11.0. The third-order valence-electron chi connectivity index (χ3n) is 1.97. The third kappa shape index (κ3) is 1.28. The van der Waals surface area contributed by atoms with E-state index in [9.17, 15) is 4.79 Å². The molecule has 1 aromatic carbocycles. The molecule has 0 aliphatic carbocycles. The summed E-state index contributed by atoms with van der Waals surface area (Å²) < 4.78 is 5.13. The van der Waals surface area contributed by atoms with Gasteiger partial charge < -0.3 is 9.72 Å². The van der Waals surface area contributed by atoms with Crippen LogP contribution in [-0.4, -0.2) is 12.1 Å². The van der Waals surface area contributed by atoms with Gasteiger partial charge in [-0.05, 0) is 6.07 Å². The van der Waals surface area contributed by atoms with Crippen molar-refractivity contribution in [3.63, 3.8) is 0 Å². The number of pyridine rings is 1. The van der Waals surface area contributed by atoms with Crippen LogP contribution in [0.25, 0.3) is 10.8 Å². The maximum absolute atomic E-state index is 11.0. The highest BCUT2D eigenvalue weighted by atomic mass is 16.5. The summed E-state index contributed by atoms with van der Waals surface area (Å²) in [5, 5.41) is 1.81. The number of methoxy groups -OCH3 is 1. The van der Waals surface area contributed by atoms with Crippen LogP contribution in [0.2, 0.25) is 0 Å². The third-order valence-corrected chi connectivity index (χ3v) is 1.97. The number of aromatic amines is 1. The molecular formula is C10H9NO2. The summed E-state index contributed by atoms with van der Waals surface area (Å²) in [6.07, 6.45) is 1.68. The molecule has 0 radical (unpaired) electrons. The summed E-state index contributed by atoms with van der Waals surface area (Å²) in [6, 6.07) is 7.18. The first-order valence-corrected chi connectivity index (χ1v) is 3.97. The van der Waals surface area contributed by atoms with Crippen LogP contribution in [0.3, 0.4) is 0 Å². The van der Waals surface area contributed by atoms with E-state index in [0.29, 0.717) is 0 Å². The molecule has 3 nitrogen and oxygen atoms in total. The Bertz CT molecular complexity index is 487. The standard InChI is InChI=1S/C10H9NO2/c1-13-9-4-2-3-7-6-11-10(12)5-8(7)9/h2-6H,1H3,(H,11,12).